The molecule has 0 amide bonds. The molecule has 0 saturated heterocycles. The Labute approximate surface area is 131 Å². The van der Waals surface area contributed by atoms with Crippen molar-refractivity contribution in [2.75, 3.05) is 7.11 Å². The number of methoxy groups -OCH3 is 1. The Morgan fingerprint density at radius 1 is 1.04 bits per heavy atom. The van der Waals surface area contributed by atoms with E-state index in [0.29, 0.717) is 28.4 Å². The van der Waals surface area contributed by atoms with Gasteiger partial charge in [-0.15, -0.1) is 0 Å². The largest absolute Gasteiger partial charge is 0.481 e. The van der Waals surface area contributed by atoms with E-state index in [1.165, 1.54) is 7.11 Å². The van der Waals surface area contributed by atoms with E-state index in [1.54, 1.807) is 42.6 Å². The van der Waals surface area contributed by atoms with Crippen LogP contribution in [0.3, 0.4) is 0 Å². The van der Waals surface area contributed by atoms with Crippen LogP contribution in [0.1, 0.15) is 32.1 Å². The maximum Gasteiger partial charge on any atom is 0.214 e. The summed E-state index contributed by atoms with van der Waals surface area (Å²) in [5.74, 6) is 0.386. The van der Waals surface area contributed by atoms with Gasteiger partial charge in [-0.1, -0.05) is 24.3 Å². The number of aromatic amines is 1. The fraction of sp³-hybridized carbons (Fsp3) is 0.0588. The third-order valence-electron chi connectivity index (χ3n) is 3.78. The van der Waals surface area contributed by atoms with Crippen molar-refractivity contribution in [1.29, 1.82) is 0 Å². The predicted octanol–water partition coefficient (Wildman–Crippen LogP) is 2.26. The highest BCUT2D eigenvalue weighted by molar-refractivity contribution is 6.27. The number of fused-ring (bicyclic) bond motifs is 2. The second-order valence-corrected chi connectivity index (χ2v) is 5.10. The highest BCUT2D eigenvalue weighted by Crippen LogP contribution is 2.28. The molecule has 0 unspecified atom stereocenters. The van der Waals surface area contributed by atoms with Crippen LogP contribution < -0.4 is 4.74 Å². The molecule has 3 aromatic rings. The lowest BCUT2D eigenvalue weighted by Gasteiger charge is -2.11. The number of rotatable bonds is 2. The maximum absolute atomic E-state index is 12.6. The first-order chi connectivity index (χ1) is 11.2. The van der Waals surface area contributed by atoms with Crippen molar-refractivity contribution in [3.05, 3.63) is 65.1 Å². The first-order valence-electron chi connectivity index (χ1n) is 6.98. The van der Waals surface area contributed by atoms with Gasteiger partial charge in [-0.05, 0) is 6.07 Å². The molecule has 1 aliphatic carbocycles. The number of pyridine rings is 1. The van der Waals surface area contributed by atoms with Gasteiger partial charge in [0, 0.05) is 29.0 Å². The number of aromatic nitrogens is 3. The molecule has 0 atom stereocenters. The van der Waals surface area contributed by atoms with Crippen LogP contribution in [-0.2, 0) is 0 Å². The average molecular weight is 305 g/mol. The van der Waals surface area contributed by atoms with Crippen molar-refractivity contribution in [3.8, 4) is 17.3 Å². The summed E-state index contributed by atoms with van der Waals surface area (Å²) in [6, 6.07) is 10.2. The van der Waals surface area contributed by atoms with Gasteiger partial charge in [0.1, 0.15) is 17.2 Å². The number of carbonyl (C=O) groups is 2. The van der Waals surface area contributed by atoms with E-state index in [-0.39, 0.29) is 23.0 Å². The van der Waals surface area contributed by atoms with Crippen molar-refractivity contribution < 1.29 is 14.3 Å². The van der Waals surface area contributed by atoms with E-state index in [1.807, 2.05) is 0 Å². The van der Waals surface area contributed by atoms with Crippen LogP contribution >= 0.6 is 0 Å². The van der Waals surface area contributed by atoms with Crippen molar-refractivity contribution >= 4 is 11.6 Å². The Morgan fingerprint density at radius 3 is 2.52 bits per heavy atom. The number of carbonyl (C=O) groups excluding carboxylic acids is 2. The lowest BCUT2D eigenvalue weighted by molar-refractivity contribution is 0.0974. The summed E-state index contributed by atoms with van der Waals surface area (Å²) in [5.41, 5.74) is 1.85. The lowest BCUT2D eigenvalue weighted by atomic mass is 9.90. The Kier molecular flexibility index (Phi) is 2.84. The lowest BCUT2D eigenvalue weighted by Crippen LogP contribution is -2.20. The van der Waals surface area contributed by atoms with Gasteiger partial charge in [-0.2, -0.15) is 0 Å². The molecule has 6 nitrogen and oxygen atoms in total. The van der Waals surface area contributed by atoms with Crippen molar-refractivity contribution in [2.24, 2.45) is 0 Å². The molecule has 1 N–H and O–H groups in total. The minimum atomic E-state index is -0.251. The monoisotopic (exact) mass is 305 g/mol. The van der Waals surface area contributed by atoms with E-state index < -0.39 is 0 Å². The van der Waals surface area contributed by atoms with Gasteiger partial charge < -0.3 is 9.72 Å². The molecule has 0 spiro atoms. The number of hydrogen-bond acceptors (Lipinski definition) is 5. The Hall–Kier alpha value is -3.28. The van der Waals surface area contributed by atoms with Crippen LogP contribution in [0.25, 0.3) is 11.4 Å². The van der Waals surface area contributed by atoms with E-state index in [9.17, 15) is 9.59 Å². The highest BCUT2D eigenvalue weighted by Gasteiger charge is 2.33. The molecule has 1 aromatic carbocycles. The minimum Gasteiger partial charge on any atom is -0.481 e. The first-order valence-corrected chi connectivity index (χ1v) is 6.98. The molecular weight excluding hydrogens is 294 g/mol. The Morgan fingerprint density at radius 2 is 1.78 bits per heavy atom. The number of nitrogens with one attached hydrogen (secondary N) is 1. The van der Waals surface area contributed by atoms with Crippen molar-refractivity contribution in [3.63, 3.8) is 0 Å². The molecule has 2 heterocycles. The number of hydrogen-bond donors (Lipinski definition) is 1. The van der Waals surface area contributed by atoms with E-state index in [0.717, 1.165) is 0 Å². The van der Waals surface area contributed by atoms with Gasteiger partial charge >= 0.3 is 0 Å². The molecular formula is C17H11N3O3. The smallest absolute Gasteiger partial charge is 0.214 e. The molecule has 6 heteroatoms. The molecule has 4 rings (SSSR count). The summed E-state index contributed by atoms with van der Waals surface area (Å²) >= 11 is 0. The first kappa shape index (κ1) is 13.4. The summed E-state index contributed by atoms with van der Waals surface area (Å²) in [4.78, 5) is 36.4. The number of ketones is 2. The number of nitrogens with zero attached hydrogens (tertiary/aromatic N) is 2. The van der Waals surface area contributed by atoms with Gasteiger partial charge in [0.25, 0.3) is 0 Å². The van der Waals surface area contributed by atoms with Gasteiger partial charge in [-0.25, -0.2) is 9.97 Å². The summed E-state index contributed by atoms with van der Waals surface area (Å²) in [7, 11) is 1.52. The Balaban J connectivity index is 1.87. The van der Waals surface area contributed by atoms with Crippen molar-refractivity contribution in [2.45, 2.75) is 0 Å². The maximum atomic E-state index is 12.6. The van der Waals surface area contributed by atoms with Gasteiger partial charge in [0.2, 0.25) is 17.4 Å². The molecule has 0 fully saturated rings. The fourth-order valence-corrected chi connectivity index (χ4v) is 2.65. The quantitative estimate of drug-likeness (QED) is 0.614. The van der Waals surface area contributed by atoms with Gasteiger partial charge in [-0.3, -0.25) is 9.59 Å². The number of ether oxygens (including phenoxy) is 1. The van der Waals surface area contributed by atoms with E-state index in [4.69, 9.17) is 4.74 Å². The molecule has 1 aliphatic rings. The normalized spacial score (nSPS) is 12.7. The molecule has 0 radical (unpaired) electrons. The van der Waals surface area contributed by atoms with E-state index >= 15 is 0 Å². The van der Waals surface area contributed by atoms with Crippen LogP contribution in [0.2, 0.25) is 0 Å². The van der Waals surface area contributed by atoms with Crippen LogP contribution in [0.5, 0.6) is 5.88 Å². The number of benzene rings is 1. The SMILES string of the molecule is COc1cc(-c2nc3c([nH]2)C(=O)c2ccccc2C3=O)ccn1. The zero-order valence-corrected chi connectivity index (χ0v) is 12.2. The topological polar surface area (TPSA) is 84.9 Å². The molecule has 23 heavy (non-hydrogen) atoms. The third-order valence-corrected chi connectivity index (χ3v) is 3.78. The average Bonchev–Trinajstić information content (AvgIpc) is 3.06. The zero-order chi connectivity index (χ0) is 16.0. The van der Waals surface area contributed by atoms with Crippen LogP contribution in [0.15, 0.2) is 42.6 Å². The summed E-state index contributed by atoms with van der Waals surface area (Å²) in [6.45, 7) is 0. The van der Waals surface area contributed by atoms with E-state index in [2.05, 4.69) is 15.0 Å². The molecule has 2 aromatic heterocycles. The predicted molar refractivity (Wildman–Crippen MR) is 81.7 cm³/mol. The number of imidazole rings is 1. The Bertz CT molecular complexity index is 907. The molecule has 0 bridgehead atoms. The van der Waals surface area contributed by atoms with Gasteiger partial charge in [0.05, 0.1) is 7.11 Å². The standard InChI is InChI=1S/C17H11N3O3/c1-23-12-8-9(6-7-18-12)17-19-13-14(20-17)16(22)11-5-3-2-4-10(11)15(13)21/h2-8H,1H3,(H,19,20). The molecule has 112 valence electrons. The van der Waals surface area contributed by atoms with Crippen molar-refractivity contribution in [1.82, 2.24) is 15.0 Å². The summed E-state index contributed by atoms with van der Waals surface area (Å²) in [5, 5.41) is 0. The summed E-state index contributed by atoms with van der Waals surface area (Å²) in [6.07, 6.45) is 1.58. The summed E-state index contributed by atoms with van der Waals surface area (Å²) < 4.78 is 5.08. The second kappa shape index (κ2) is 4.88. The zero-order valence-electron chi connectivity index (χ0n) is 12.2. The number of H-pyrrole nitrogens is 1. The van der Waals surface area contributed by atoms with Crippen LogP contribution in [0, 0.1) is 0 Å². The van der Waals surface area contributed by atoms with Crippen LogP contribution in [-0.4, -0.2) is 33.6 Å². The van der Waals surface area contributed by atoms with Crippen LogP contribution in [0.4, 0.5) is 0 Å². The fourth-order valence-electron chi connectivity index (χ4n) is 2.65. The molecule has 0 saturated carbocycles. The minimum absolute atomic E-state index is 0.152. The molecule has 0 aliphatic heterocycles. The highest BCUT2D eigenvalue weighted by atomic mass is 16.5. The van der Waals surface area contributed by atoms with Gasteiger partial charge in [0.15, 0.2) is 0 Å². The second-order valence-electron chi connectivity index (χ2n) is 5.10. The third kappa shape index (κ3) is 1.96.